The van der Waals surface area contributed by atoms with Crippen LogP contribution in [0.1, 0.15) is 29.7 Å². The van der Waals surface area contributed by atoms with Gasteiger partial charge >= 0.3 is 0 Å². The van der Waals surface area contributed by atoms with Gasteiger partial charge < -0.3 is 10.4 Å². The van der Waals surface area contributed by atoms with Gasteiger partial charge in [0, 0.05) is 5.56 Å². The third kappa shape index (κ3) is 3.18. The summed E-state index contributed by atoms with van der Waals surface area (Å²) in [6.07, 6.45) is 1.69. The molecule has 0 radical (unpaired) electrons. The summed E-state index contributed by atoms with van der Waals surface area (Å²) in [5, 5.41) is 13.8. The van der Waals surface area contributed by atoms with Crippen molar-refractivity contribution in [1.29, 1.82) is 0 Å². The number of hydrogen-bond donors (Lipinski definition) is 2. The van der Waals surface area contributed by atoms with Crippen molar-refractivity contribution in [1.82, 2.24) is 4.98 Å². The molecule has 2 aromatic rings. The molecule has 1 aromatic heterocycles. The number of nitrogens with zero attached hydrogens (tertiary/aromatic N) is 1. The van der Waals surface area contributed by atoms with E-state index in [1.54, 1.807) is 12.3 Å². The van der Waals surface area contributed by atoms with E-state index in [1.165, 1.54) is 0 Å². The van der Waals surface area contributed by atoms with Gasteiger partial charge in [-0.15, -0.1) is 0 Å². The summed E-state index contributed by atoms with van der Waals surface area (Å²) >= 11 is 5.90. The van der Waals surface area contributed by atoms with Crippen molar-refractivity contribution in [3.8, 4) is 5.75 Å². The molecule has 0 saturated carbocycles. The van der Waals surface area contributed by atoms with Crippen LogP contribution < -0.4 is 5.32 Å². The monoisotopic (exact) mass is 276 g/mol. The zero-order valence-electron chi connectivity index (χ0n) is 11.2. The van der Waals surface area contributed by atoms with Gasteiger partial charge in [-0.25, -0.2) is 4.98 Å². The van der Waals surface area contributed by atoms with Gasteiger partial charge in [0.15, 0.2) is 0 Å². The van der Waals surface area contributed by atoms with Crippen molar-refractivity contribution in [3.05, 3.63) is 52.3 Å². The molecular weight excluding hydrogens is 260 g/mol. The molecule has 3 nitrogen and oxygen atoms in total. The van der Waals surface area contributed by atoms with E-state index in [0.717, 1.165) is 22.4 Å². The minimum Gasteiger partial charge on any atom is -0.508 e. The van der Waals surface area contributed by atoms with E-state index in [9.17, 15) is 5.11 Å². The van der Waals surface area contributed by atoms with Crippen molar-refractivity contribution in [2.45, 2.75) is 26.8 Å². The number of hydrogen-bond acceptors (Lipinski definition) is 3. The van der Waals surface area contributed by atoms with Crippen LogP contribution in [0, 0.1) is 13.8 Å². The van der Waals surface area contributed by atoms with Crippen LogP contribution >= 0.6 is 11.6 Å². The lowest BCUT2D eigenvalue weighted by Crippen LogP contribution is -2.07. The van der Waals surface area contributed by atoms with Gasteiger partial charge in [-0.3, -0.25) is 0 Å². The van der Waals surface area contributed by atoms with Gasteiger partial charge in [0.1, 0.15) is 10.9 Å². The van der Waals surface area contributed by atoms with Crippen LogP contribution in [0.15, 0.2) is 30.5 Å². The standard InChI is InChI=1S/C15H17ClN2O/c1-9-4-5-13(14(19)6-9)11(3)18-12-7-10(2)15(16)17-8-12/h4-8,11,18-19H,1-3H3. The minimum absolute atomic E-state index is 0.0111. The number of pyridine rings is 1. The fourth-order valence-electron chi connectivity index (χ4n) is 1.98. The zero-order chi connectivity index (χ0) is 14.0. The highest BCUT2D eigenvalue weighted by atomic mass is 35.5. The highest BCUT2D eigenvalue weighted by Gasteiger charge is 2.11. The number of halogens is 1. The molecule has 0 aliphatic heterocycles. The summed E-state index contributed by atoms with van der Waals surface area (Å²) in [7, 11) is 0. The Morgan fingerprint density at radius 1 is 1.26 bits per heavy atom. The topological polar surface area (TPSA) is 45.2 Å². The van der Waals surface area contributed by atoms with E-state index in [4.69, 9.17) is 11.6 Å². The van der Waals surface area contributed by atoms with Crippen LogP contribution in [-0.4, -0.2) is 10.1 Å². The van der Waals surface area contributed by atoms with Crippen LogP contribution in [0.3, 0.4) is 0 Å². The molecule has 0 aliphatic rings. The van der Waals surface area contributed by atoms with Crippen molar-refractivity contribution in [2.75, 3.05) is 5.32 Å². The van der Waals surface area contributed by atoms with Crippen molar-refractivity contribution >= 4 is 17.3 Å². The van der Waals surface area contributed by atoms with Crippen molar-refractivity contribution < 1.29 is 5.11 Å². The first-order valence-corrected chi connectivity index (χ1v) is 6.53. The number of nitrogens with one attached hydrogen (secondary N) is 1. The Labute approximate surface area is 118 Å². The second kappa shape index (κ2) is 5.49. The molecule has 1 heterocycles. The molecule has 1 aromatic carbocycles. The largest absolute Gasteiger partial charge is 0.508 e. The number of phenols is 1. The first-order chi connectivity index (χ1) is 8.97. The molecule has 1 unspecified atom stereocenters. The van der Waals surface area contributed by atoms with E-state index in [2.05, 4.69) is 10.3 Å². The minimum atomic E-state index is -0.0111. The lowest BCUT2D eigenvalue weighted by atomic mass is 10.0. The molecule has 1 atom stereocenters. The lowest BCUT2D eigenvalue weighted by Gasteiger charge is -2.17. The molecule has 0 aliphatic carbocycles. The highest BCUT2D eigenvalue weighted by molar-refractivity contribution is 6.30. The number of rotatable bonds is 3. The Bertz CT molecular complexity index is 599. The first-order valence-electron chi connectivity index (χ1n) is 6.15. The maximum atomic E-state index is 9.96. The Hall–Kier alpha value is -1.74. The third-order valence-electron chi connectivity index (χ3n) is 3.05. The van der Waals surface area contributed by atoms with Crippen molar-refractivity contribution in [3.63, 3.8) is 0 Å². The van der Waals surface area contributed by atoms with Gasteiger partial charge in [-0.1, -0.05) is 23.7 Å². The zero-order valence-corrected chi connectivity index (χ0v) is 12.0. The van der Waals surface area contributed by atoms with Crippen LogP contribution in [0.4, 0.5) is 5.69 Å². The fourth-order valence-corrected chi connectivity index (χ4v) is 2.09. The van der Waals surface area contributed by atoms with Gasteiger partial charge in [0.05, 0.1) is 17.9 Å². The van der Waals surface area contributed by atoms with E-state index in [0.29, 0.717) is 10.9 Å². The molecular formula is C15H17ClN2O. The summed E-state index contributed by atoms with van der Waals surface area (Å²) in [5.74, 6) is 0.304. The summed E-state index contributed by atoms with van der Waals surface area (Å²) in [4.78, 5) is 4.10. The Morgan fingerprint density at radius 2 is 2.00 bits per heavy atom. The number of benzene rings is 1. The maximum absolute atomic E-state index is 9.96. The normalized spacial score (nSPS) is 12.2. The number of aromatic hydroxyl groups is 1. The summed E-state index contributed by atoms with van der Waals surface area (Å²) in [5.41, 5.74) is 3.71. The molecule has 0 bridgehead atoms. The molecule has 2 rings (SSSR count). The molecule has 0 amide bonds. The average molecular weight is 277 g/mol. The first kappa shape index (κ1) is 13.7. The molecule has 0 fully saturated rings. The smallest absolute Gasteiger partial charge is 0.132 e. The van der Waals surface area contributed by atoms with E-state index >= 15 is 0 Å². The van der Waals surface area contributed by atoms with Crippen LogP contribution in [0.2, 0.25) is 5.15 Å². The number of aromatic nitrogens is 1. The molecule has 4 heteroatoms. The van der Waals surface area contributed by atoms with Crippen LogP contribution in [0.5, 0.6) is 5.75 Å². The number of aryl methyl sites for hydroxylation is 2. The number of phenolic OH excluding ortho intramolecular Hbond substituents is 1. The quantitative estimate of drug-likeness (QED) is 0.825. The molecule has 100 valence electrons. The molecule has 19 heavy (non-hydrogen) atoms. The van der Waals surface area contributed by atoms with E-state index < -0.39 is 0 Å². The predicted octanol–water partition coefficient (Wildman–Crippen LogP) is 4.23. The van der Waals surface area contributed by atoms with Gasteiger partial charge in [0.25, 0.3) is 0 Å². The van der Waals surface area contributed by atoms with E-state index in [-0.39, 0.29) is 6.04 Å². The number of anilines is 1. The molecule has 0 saturated heterocycles. The van der Waals surface area contributed by atoms with Gasteiger partial charge in [-0.05, 0) is 44.0 Å². The highest BCUT2D eigenvalue weighted by Crippen LogP contribution is 2.28. The average Bonchev–Trinajstić information content (AvgIpc) is 2.33. The Balaban J connectivity index is 2.20. The second-order valence-corrected chi connectivity index (χ2v) is 5.12. The van der Waals surface area contributed by atoms with Crippen LogP contribution in [-0.2, 0) is 0 Å². The molecule has 0 spiro atoms. The van der Waals surface area contributed by atoms with Crippen molar-refractivity contribution in [2.24, 2.45) is 0 Å². The van der Waals surface area contributed by atoms with E-state index in [1.807, 2.05) is 39.0 Å². The summed E-state index contributed by atoms with van der Waals surface area (Å²) in [6.45, 7) is 5.86. The fraction of sp³-hybridized carbons (Fsp3) is 0.267. The maximum Gasteiger partial charge on any atom is 0.132 e. The van der Waals surface area contributed by atoms with Gasteiger partial charge in [0.2, 0.25) is 0 Å². The Kier molecular flexibility index (Phi) is 3.96. The second-order valence-electron chi connectivity index (χ2n) is 4.76. The van der Waals surface area contributed by atoms with Gasteiger partial charge in [-0.2, -0.15) is 0 Å². The SMILES string of the molecule is Cc1ccc(C(C)Nc2cnc(Cl)c(C)c2)c(O)c1. The lowest BCUT2D eigenvalue weighted by molar-refractivity contribution is 0.465. The summed E-state index contributed by atoms with van der Waals surface area (Å²) < 4.78 is 0. The van der Waals surface area contributed by atoms with Crippen LogP contribution in [0.25, 0.3) is 0 Å². The molecule has 2 N–H and O–H groups in total. The Morgan fingerprint density at radius 3 is 2.63 bits per heavy atom. The predicted molar refractivity (Wildman–Crippen MR) is 78.9 cm³/mol. The summed E-state index contributed by atoms with van der Waals surface area (Å²) in [6, 6.07) is 7.61. The third-order valence-corrected chi connectivity index (χ3v) is 3.45.